The van der Waals surface area contributed by atoms with Gasteiger partial charge in [-0.15, -0.1) is 0 Å². The molecule has 0 spiro atoms. The fraction of sp³-hybridized carbons (Fsp3) is 0.894. The Bertz CT molecular complexity index is 1270. The lowest BCUT2D eigenvalue weighted by Gasteiger charge is -2.40. The molecule has 1 heterocycles. The summed E-state index contributed by atoms with van der Waals surface area (Å²) in [6, 6.07) is -0.827. The van der Waals surface area contributed by atoms with Gasteiger partial charge in [-0.25, -0.2) is 0 Å². The molecule has 1 fully saturated rings. The summed E-state index contributed by atoms with van der Waals surface area (Å²) in [4.78, 5) is 13.1. The van der Waals surface area contributed by atoms with Crippen LogP contribution < -0.4 is 5.32 Å². The number of nitrogens with one attached hydrogen (secondary N) is 1. The van der Waals surface area contributed by atoms with Crippen molar-refractivity contribution in [1.29, 1.82) is 0 Å². The molecule has 0 radical (unpaired) electrons. The van der Waals surface area contributed by atoms with Crippen LogP contribution in [0, 0.1) is 0 Å². The number of hydrogen-bond donors (Lipinski definition) is 6. The minimum atomic E-state index is -1.57. The lowest BCUT2D eigenvalue weighted by atomic mass is 9.99. The van der Waals surface area contributed by atoms with Gasteiger partial charge in [0.1, 0.15) is 24.4 Å². The highest BCUT2D eigenvalue weighted by atomic mass is 16.7. The van der Waals surface area contributed by atoms with Crippen LogP contribution in [0.3, 0.4) is 0 Å². The Morgan fingerprint density at radius 2 is 0.760 bits per heavy atom. The monoisotopic (exact) mass is 1060 g/mol. The molecule has 0 bridgehead atoms. The van der Waals surface area contributed by atoms with Crippen LogP contribution in [0.1, 0.15) is 322 Å². The van der Waals surface area contributed by atoms with Gasteiger partial charge in [0.15, 0.2) is 6.29 Å². The van der Waals surface area contributed by atoms with Gasteiger partial charge in [-0.2, -0.15) is 0 Å². The van der Waals surface area contributed by atoms with E-state index >= 15 is 0 Å². The highest BCUT2D eigenvalue weighted by Crippen LogP contribution is 2.23. The van der Waals surface area contributed by atoms with Crippen molar-refractivity contribution in [2.75, 3.05) is 13.2 Å². The fourth-order valence-electron chi connectivity index (χ4n) is 10.5. The highest BCUT2D eigenvalue weighted by Gasteiger charge is 2.44. The fourth-order valence-corrected chi connectivity index (χ4v) is 10.5. The minimum absolute atomic E-state index is 0.184. The maximum Gasteiger partial charge on any atom is 0.220 e. The lowest BCUT2D eigenvalue weighted by molar-refractivity contribution is -0.302. The molecule has 0 aromatic rings. The zero-order valence-corrected chi connectivity index (χ0v) is 49.3. The average Bonchev–Trinajstić information content (AvgIpc) is 3.41. The normalized spacial score (nSPS) is 19.1. The van der Waals surface area contributed by atoms with Crippen LogP contribution in [0.15, 0.2) is 36.5 Å². The van der Waals surface area contributed by atoms with E-state index in [-0.39, 0.29) is 12.5 Å². The van der Waals surface area contributed by atoms with Crippen molar-refractivity contribution in [3.63, 3.8) is 0 Å². The first-order valence-electron chi connectivity index (χ1n) is 32.7. The Kier molecular flexibility index (Phi) is 53.1. The molecule has 9 heteroatoms. The predicted octanol–water partition coefficient (Wildman–Crippen LogP) is 17.1. The SMILES string of the molecule is CCCCCCCCCCCC/C=C/CC/C=C/CC/C=C/C(O)C(COC1OC(CO)C(O)C(O)C1O)NC(=O)CCCCCCCCCCCCCCCCCCCCCCCCCCCCCCCCCC. The molecule has 1 saturated heterocycles. The van der Waals surface area contributed by atoms with Crippen molar-refractivity contribution in [2.24, 2.45) is 0 Å². The molecule has 0 aromatic heterocycles. The molecular weight excluding hydrogens is 935 g/mol. The number of aliphatic hydroxyl groups excluding tert-OH is 5. The number of ether oxygens (including phenoxy) is 2. The van der Waals surface area contributed by atoms with E-state index in [0.717, 1.165) is 44.9 Å². The average molecular weight is 1060 g/mol. The van der Waals surface area contributed by atoms with Gasteiger partial charge in [0.25, 0.3) is 0 Å². The van der Waals surface area contributed by atoms with Crippen LogP contribution in [0.25, 0.3) is 0 Å². The topological polar surface area (TPSA) is 149 Å². The Morgan fingerprint density at radius 3 is 1.12 bits per heavy atom. The quantitative estimate of drug-likeness (QED) is 0.0261. The number of unbranched alkanes of at least 4 members (excludes halogenated alkanes) is 43. The number of aliphatic hydroxyl groups is 5. The lowest BCUT2D eigenvalue weighted by Crippen LogP contribution is -2.60. The maximum atomic E-state index is 13.1. The van der Waals surface area contributed by atoms with Gasteiger partial charge in [0, 0.05) is 6.42 Å². The van der Waals surface area contributed by atoms with E-state index in [1.54, 1.807) is 6.08 Å². The molecule has 0 saturated carbocycles. The standard InChI is InChI=1S/C66H125NO8/c1-3-5-7-9-11-13-15-17-19-21-23-25-26-27-28-29-30-31-32-33-34-35-36-38-40-42-44-46-48-50-52-54-56-62(70)67-59(58-74-66-65(73)64(72)63(71)61(57-68)75-66)60(69)55-53-51-49-47-45-43-41-39-37-24-22-20-18-16-14-12-10-8-6-4-2/h37,39,45,47,53,55,59-61,63-66,68-69,71-73H,3-36,38,40-44,46,48-52,54,56-58H2,1-2H3,(H,67,70)/b39-37+,47-45+,55-53+. The Balaban J connectivity index is 2.14. The van der Waals surface area contributed by atoms with E-state index in [1.165, 1.54) is 257 Å². The van der Waals surface area contributed by atoms with E-state index in [0.29, 0.717) is 6.42 Å². The van der Waals surface area contributed by atoms with Crippen molar-refractivity contribution >= 4 is 5.91 Å². The van der Waals surface area contributed by atoms with E-state index in [2.05, 4.69) is 43.5 Å². The van der Waals surface area contributed by atoms with Gasteiger partial charge in [-0.05, 0) is 44.9 Å². The number of allylic oxidation sites excluding steroid dienone is 5. The van der Waals surface area contributed by atoms with E-state index in [4.69, 9.17) is 9.47 Å². The first-order chi connectivity index (χ1) is 36.8. The Hall–Kier alpha value is -1.59. The minimum Gasteiger partial charge on any atom is -0.394 e. The molecule has 1 aliphatic heterocycles. The van der Waals surface area contributed by atoms with Crippen LogP contribution >= 0.6 is 0 Å². The molecule has 1 rings (SSSR count). The summed E-state index contributed by atoms with van der Waals surface area (Å²) in [7, 11) is 0. The Morgan fingerprint density at radius 1 is 0.440 bits per heavy atom. The molecule has 442 valence electrons. The summed E-state index contributed by atoms with van der Waals surface area (Å²) in [6.07, 6.45) is 66.8. The third-order valence-electron chi connectivity index (χ3n) is 15.7. The second kappa shape index (κ2) is 55.7. The van der Waals surface area contributed by atoms with E-state index in [1.807, 2.05) is 6.08 Å². The predicted molar refractivity (Wildman–Crippen MR) is 318 cm³/mol. The molecule has 7 unspecified atom stereocenters. The van der Waals surface area contributed by atoms with Crippen molar-refractivity contribution < 1.29 is 39.8 Å². The highest BCUT2D eigenvalue weighted by molar-refractivity contribution is 5.76. The summed E-state index contributed by atoms with van der Waals surface area (Å²) in [5.74, 6) is -0.184. The third kappa shape index (κ3) is 44.9. The molecule has 75 heavy (non-hydrogen) atoms. The molecule has 0 aliphatic carbocycles. The number of rotatable bonds is 57. The molecule has 7 atom stereocenters. The third-order valence-corrected chi connectivity index (χ3v) is 15.7. The first kappa shape index (κ1) is 71.4. The summed E-state index contributed by atoms with van der Waals surface area (Å²) >= 11 is 0. The van der Waals surface area contributed by atoms with Crippen molar-refractivity contribution in [1.82, 2.24) is 5.32 Å². The van der Waals surface area contributed by atoms with Gasteiger partial charge in [-0.1, -0.05) is 307 Å². The van der Waals surface area contributed by atoms with E-state index < -0.39 is 49.5 Å². The molecule has 9 nitrogen and oxygen atoms in total. The second-order valence-electron chi connectivity index (χ2n) is 22.9. The summed E-state index contributed by atoms with van der Waals surface area (Å²) in [6.45, 7) is 3.80. The number of carbonyl (C=O) groups is 1. The van der Waals surface area contributed by atoms with Crippen LogP contribution in [0.2, 0.25) is 0 Å². The smallest absolute Gasteiger partial charge is 0.220 e. The van der Waals surface area contributed by atoms with Crippen LogP contribution in [0.4, 0.5) is 0 Å². The molecule has 0 aromatic carbocycles. The summed E-state index contributed by atoms with van der Waals surface area (Å²) in [5.41, 5.74) is 0. The zero-order valence-electron chi connectivity index (χ0n) is 49.3. The van der Waals surface area contributed by atoms with Crippen LogP contribution in [-0.4, -0.2) is 87.5 Å². The number of hydrogen-bond acceptors (Lipinski definition) is 8. The van der Waals surface area contributed by atoms with Gasteiger partial charge in [-0.3, -0.25) is 4.79 Å². The van der Waals surface area contributed by atoms with Crippen molar-refractivity contribution in [2.45, 2.75) is 365 Å². The zero-order chi connectivity index (χ0) is 54.3. The molecular formula is C66H125NO8. The van der Waals surface area contributed by atoms with Crippen molar-refractivity contribution in [3.8, 4) is 0 Å². The summed E-state index contributed by atoms with van der Waals surface area (Å²) < 4.78 is 11.3. The summed E-state index contributed by atoms with van der Waals surface area (Å²) in [5, 5.41) is 54.6. The number of amides is 1. The van der Waals surface area contributed by atoms with Gasteiger partial charge >= 0.3 is 0 Å². The Labute approximate surface area is 463 Å². The van der Waals surface area contributed by atoms with Crippen LogP contribution in [-0.2, 0) is 14.3 Å². The largest absolute Gasteiger partial charge is 0.394 e. The van der Waals surface area contributed by atoms with Crippen molar-refractivity contribution in [3.05, 3.63) is 36.5 Å². The van der Waals surface area contributed by atoms with Gasteiger partial charge in [0.05, 0.1) is 25.4 Å². The molecule has 6 N–H and O–H groups in total. The second-order valence-corrected chi connectivity index (χ2v) is 22.9. The van der Waals surface area contributed by atoms with E-state index in [9.17, 15) is 30.3 Å². The maximum absolute atomic E-state index is 13.1. The molecule has 1 amide bonds. The molecule has 1 aliphatic rings. The van der Waals surface area contributed by atoms with Crippen LogP contribution in [0.5, 0.6) is 0 Å². The van der Waals surface area contributed by atoms with Gasteiger partial charge in [0.2, 0.25) is 5.91 Å². The first-order valence-corrected chi connectivity index (χ1v) is 32.7. The van der Waals surface area contributed by atoms with Gasteiger partial charge < -0.3 is 40.3 Å². The number of carbonyl (C=O) groups excluding carboxylic acids is 1.